The molecule has 1 atom stereocenters. The molecule has 3 aromatic carbocycles. The maximum absolute atomic E-state index is 6.29. The third-order valence-corrected chi connectivity index (χ3v) is 5.78. The molecule has 1 aliphatic rings. The monoisotopic (exact) mass is 417 g/mol. The highest BCUT2D eigenvalue weighted by atomic mass is 16.5. The fourth-order valence-corrected chi connectivity index (χ4v) is 4.30. The summed E-state index contributed by atoms with van der Waals surface area (Å²) in [6.07, 6.45) is 5.72. The Hall–Kier alpha value is -4.25. The number of aromatic nitrogens is 2. The second kappa shape index (κ2) is 7.46. The van der Waals surface area contributed by atoms with Gasteiger partial charge in [-0.3, -0.25) is 4.57 Å². The van der Waals surface area contributed by atoms with Crippen molar-refractivity contribution in [2.24, 2.45) is 5.11 Å². The van der Waals surface area contributed by atoms with Gasteiger partial charge in [-0.1, -0.05) is 35.0 Å². The number of azo groups is 2. The summed E-state index contributed by atoms with van der Waals surface area (Å²) in [5, 5.41) is 6.80. The Balaban J connectivity index is 1.45. The van der Waals surface area contributed by atoms with Crippen LogP contribution >= 0.6 is 0 Å². The summed E-state index contributed by atoms with van der Waals surface area (Å²) in [7, 11) is 0. The first-order valence-corrected chi connectivity index (χ1v) is 10.7. The Labute approximate surface area is 185 Å². The van der Waals surface area contributed by atoms with E-state index in [1.807, 2.05) is 65.6 Å². The van der Waals surface area contributed by atoms with Crippen molar-refractivity contribution in [1.29, 1.82) is 0 Å². The molecule has 0 spiro atoms. The minimum Gasteiger partial charge on any atom is -0.457 e. The van der Waals surface area contributed by atoms with E-state index in [0.29, 0.717) is 0 Å². The number of hydrogen-bond acceptors (Lipinski definition) is 3. The van der Waals surface area contributed by atoms with Gasteiger partial charge in [-0.25, -0.2) is 4.98 Å². The van der Waals surface area contributed by atoms with Crippen molar-refractivity contribution < 1.29 is 9.43 Å². The van der Waals surface area contributed by atoms with Gasteiger partial charge in [0.2, 0.25) is 11.7 Å². The summed E-state index contributed by atoms with van der Waals surface area (Å²) in [4.78, 5) is 4.60. The normalized spacial score (nSPS) is 15.4. The number of ether oxygens (including phenoxy) is 1. The zero-order valence-corrected chi connectivity index (χ0v) is 17.6. The van der Waals surface area contributed by atoms with E-state index >= 15 is 0 Å². The zero-order chi connectivity index (χ0) is 21.5. The summed E-state index contributed by atoms with van der Waals surface area (Å²) in [5.74, 6) is 2.44. The lowest BCUT2D eigenvalue weighted by molar-refractivity contribution is -0.526. The van der Waals surface area contributed by atoms with Crippen LogP contribution in [0, 0.1) is 0 Å². The van der Waals surface area contributed by atoms with Crippen LogP contribution in [0.15, 0.2) is 109 Å². The van der Waals surface area contributed by atoms with E-state index in [-0.39, 0.29) is 6.04 Å². The molecule has 5 nitrogen and oxygen atoms in total. The molecule has 32 heavy (non-hydrogen) atoms. The van der Waals surface area contributed by atoms with Crippen molar-refractivity contribution in [3.63, 3.8) is 0 Å². The Morgan fingerprint density at radius 1 is 0.812 bits per heavy atom. The number of pyridine rings is 1. The van der Waals surface area contributed by atoms with Crippen LogP contribution < -0.4 is 4.74 Å². The fraction of sp³-hybridized carbons (Fsp3) is 0.0741. The highest BCUT2D eigenvalue weighted by Gasteiger charge is 2.22. The van der Waals surface area contributed by atoms with Crippen molar-refractivity contribution in [3.8, 4) is 17.3 Å². The van der Waals surface area contributed by atoms with Crippen LogP contribution in [-0.4, -0.2) is 20.3 Å². The van der Waals surface area contributed by atoms with Crippen LogP contribution in [0.5, 0.6) is 11.5 Å². The van der Waals surface area contributed by atoms with Crippen molar-refractivity contribution in [2.45, 2.75) is 13.0 Å². The average Bonchev–Trinajstić information content (AvgIpc) is 3.40. The number of benzene rings is 3. The van der Waals surface area contributed by atoms with E-state index in [1.54, 1.807) is 0 Å². The van der Waals surface area contributed by atoms with E-state index in [2.05, 4.69) is 64.1 Å². The SMILES string of the molecule is CC1C=CN=[N+]1c1cccc(Oc2ccc3c4ccccc4n(-c4ccccn4)c3c2)c1. The first kappa shape index (κ1) is 18.5. The molecule has 0 aliphatic carbocycles. The van der Waals surface area contributed by atoms with Gasteiger partial charge in [-0.2, -0.15) is 0 Å². The van der Waals surface area contributed by atoms with Crippen LogP contribution in [-0.2, 0) is 0 Å². The standard InChI is InChI=1S/C27H21N4O/c1-19-14-16-29-31(19)20-7-6-8-21(17-20)32-22-12-13-24-23-9-2-3-10-25(23)30(26(24)18-22)27-11-4-5-15-28-27/h2-19H,1H3/q+1. The molecule has 1 unspecified atom stereocenters. The molecule has 154 valence electrons. The van der Waals surface area contributed by atoms with Crippen LogP contribution in [0.3, 0.4) is 0 Å². The predicted molar refractivity (Wildman–Crippen MR) is 126 cm³/mol. The van der Waals surface area contributed by atoms with Gasteiger partial charge in [0.25, 0.3) is 0 Å². The summed E-state index contributed by atoms with van der Waals surface area (Å²) in [6, 6.07) is 28.9. The minimum absolute atomic E-state index is 0.232. The first-order chi connectivity index (χ1) is 15.8. The van der Waals surface area contributed by atoms with Crippen molar-refractivity contribution in [2.75, 3.05) is 0 Å². The van der Waals surface area contributed by atoms with E-state index in [9.17, 15) is 0 Å². The Morgan fingerprint density at radius 3 is 2.50 bits per heavy atom. The fourth-order valence-electron chi connectivity index (χ4n) is 4.30. The van der Waals surface area contributed by atoms with E-state index in [1.165, 1.54) is 10.8 Å². The molecule has 6 rings (SSSR count). The third-order valence-electron chi connectivity index (χ3n) is 5.78. The number of fused-ring (bicyclic) bond motifs is 3. The lowest BCUT2D eigenvalue weighted by Crippen LogP contribution is -2.10. The van der Waals surface area contributed by atoms with Gasteiger partial charge in [0, 0.05) is 42.1 Å². The Morgan fingerprint density at radius 2 is 1.66 bits per heavy atom. The molecule has 0 saturated heterocycles. The Bertz CT molecular complexity index is 1520. The maximum atomic E-state index is 6.29. The summed E-state index contributed by atoms with van der Waals surface area (Å²) in [6.45, 7) is 2.12. The largest absolute Gasteiger partial charge is 0.457 e. The molecule has 5 aromatic rings. The molecular weight excluding hydrogens is 396 g/mol. The molecular formula is C27H21N4O+. The van der Waals surface area contributed by atoms with Crippen molar-refractivity contribution in [3.05, 3.63) is 103 Å². The van der Waals surface area contributed by atoms with Gasteiger partial charge >= 0.3 is 0 Å². The van der Waals surface area contributed by atoms with E-state index in [4.69, 9.17) is 4.74 Å². The van der Waals surface area contributed by atoms with Crippen LogP contribution in [0.25, 0.3) is 27.6 Å². The van der Waals surface area contributed by atoms with Gasteiger partial charge in [0.15, 0.2) is 0 Å². The molecule has 5 heteroatoms. The molecule has 1 aliphatic heterocycles. The van der Waals surface area contributed by atoms with E-state index in [0.717, 1.165) is 34.0 Å². The second-order valence-corrected chi connectivity index (χ2v) is 7.86. The minimum atomic E-state index is 0.232. The highest BCUT2D eigenvalue weighted by Crippen LogP contribution is 2.35. The number of para-hydroxylation sites is 1. The molecule has 0 radical (unpaired) electrons. The molecule has 0 N–H and O–H groups in total. The highest BCUT2D eigenvalue weighted by molar-refractivity contribution is 6.09. The van der Waals surface area contributed by atoms with Crippen LogP contribution in [0.2, 0.25) is 0 Å². The number of rotatable bonds is 4. The number of hydrogen-bond donors (Lipinski definition) is 0. The van der Waals surface area contributed by atoms with Crippen molar-refractivity contribution in [1.82, 2.24) is 9.55 Å². The third kappa shape index (κ3) is 3.06. The van der Waals surface area contributed by atoms with Gasteiger partial charge < -0.3 is 4.74 Å². The van der Waals surface area contributed by atoms with Gasteiger partial charge in [0.05, 0.1) is 23.3 Å². The lowest BCUT2D eigenvalue weighted by atomic mass is 10.1. The van der Waals surface area contributed by atoms with Gasteiger partial charge in [-0.05, 0) is 41.5 Å². The predicted octanol–water partition coefficient (Wildman–Crippen LogP) is 6.98. The van der Waals surface area contributed by atoms with Gasteiger partial charge in [-0.15, -0.1) is 0 Å². The first-order valence-electron chi connectivity index (χ1n) is 10.7. The molecule has 0 bridgehead atoms. The molecule has 0 amide bonds. The average molecular weight is 417 g/mol. The molecule has 2 aromatic heterocycles. The van der Waals surface area contributed by atoms with E-state index < -0.39 is 0 Å². The topological polar surface area (TPSA) is 42.4 Å². The number of nitrogens with zero attached hydrogens (tertiary/aromatic N) is 4. The van der Waals surface area contributed by atoms with Crippen LogP contribution in [0.1, 0.15) is 6.92 Å². The smallest absolute Gasteiger partial charge is 0.236 e. The van der Waals surface area contributed by atoms with Crippen LogP contribution in [0.4, 0.5) is 5.69 Å². The quantitative estimate of drug-likeness (QED) is 0.296. The summed E-state index contributed by atoms with van der Waals surface area (Å²) in [5.41, 5.74) is 3.19. The summed E-state index contributed by atoms with van der Waals surface area (Å²) >= 11 is 0. The zero-order valence-electron chi connectivity index (χ0n) is 17.6. The summed E-state index contributed by atoms with van der Waals surface area (Å²) < 4.78 is 10.5. The van der Waals surface area contributed by atoms with Gasteiger partial charge in [0.1, 0.15) is 17.3 Å². The van der Waals surface area contributed by atoms with Crippen molar-refractivity contribution >= 4 is 27.5 Å². The molecule has 0 saturated carbocycles. The molecule has 3 heterocycles. The maximum Gasteiger partial charge on any atom is 0.236 e. The molecule has 0 fully saturated rings. The Kier molecular flexibility index (Phi) is 4.32. The second-order valence-electron chi connectivity index (χ2n) is 7.86. The lowest BCUT2D eigenvalue weighted by Gasteiger charge is -2.09.